The van der Waals surface area contributed by atoms with E-state index in [0.717, 1.165) is 29.8 Å². The van der Waals surface area contributed by atoms with E-state index in [1.165, 1.54) is 0 Å². The molecule has 1 aromatic rings. The van der Waals surface area contributed by atoms with Crippen molar-refractivity contribution < 1.29 is 9.53 Å². The SMILES string of the molecule is CCCC1C(=O)Nc2cc(OC)ccc21. The Morgan fingerprint density at radius 3 is 2.93 bits per heavy atom. The van der Waals surface area contributed by atoms with Crippen LogP contribution < -0.4 is 10.1 Å². The lowest BCUT2D eigenvalue weighted by atomic mass is 9.96. The quantitative estimate of drug-likeness (QED) is 0.823. The van der Waals surface area contributed by atoms with Crippen LogP contribution in [0.25, 0.3) is 0 Å². The number of benzene rings is 1. The van der Waals surface area contributed by atoms with Gasteiger partial charge in [-0.3, -0.25) is 4.79 Å². The third-order valence-corrected chi connectivity index (χ3v) is 2.79. The number of hydrogen-bond donors (Lipinski definition) is 1. The molecular weight excluding hydrogens is 190 g/mol. The van der Waals surface area contributed by atoms with Crippen molar-refractivity contribution in [2.24, 2.45) is 0 Å². The molecule has 2 rings (SSSR count). The zero-order valence-corrected chi connectivity index (χ0v) is 9.04. The first-order valence-electron chi connectivity index (χ1n) is 5.25. The molecule has 0 saturated heterocycles. The van der Waals surface area contributed by atoms with Gasteiger partial charge in [0.1, 0.15) is 5.75 Å². The van der Waals surface area contributed by atoms with E-state index in [0.29, 0.717) is 0 Å². The smallest absolute Gasteiger partial charge is 0.232 e. The van der Waals surface area contributed by atoms with Gasteiger partial charge in [0.25, 0.3) is 0 Å². The van der Waals surface area contributed by atoms with Gasteiger partial charge in [0.15, 0.2) is 0 Å². The molecule has 15 heavy (non-hydrogen) atoms. The normalized spacial score (nSPS) is 18.5. The van der Waals surface area contributed by atoms with Crippen LogP contribution in [0.4, 0.5) is 5.69 Å². The van der Waals surface area contributed by atoms with Gasteiger partial charge in [-0.25, -0.2) is 0 Å². The zero-order valence-electron chi connectivity index (χ0n) is 9.04. The molecule has 3 heteroatoms. The van der Waals surface area contributed by atoms with Gasteiger partial charge in [-0.05, 0) is 18.1 Å². The first kappa shape index (κ1) is 10.0. The average Bonchev–Trinajstić information content (AvgIpc) is 2.55. The van der Waals surface area contributed by atoms with E-state index in [-0.39, 0.29) is 11.8 Å². The highest BCUT2D eigenvalue weighted by Gasteiger charge is 2.29. The molecule has 0 aromatic heterocycles. The van der Waals surface area contributed by atoms with Gasteiger partial charge in [0, 0.05) is 11.8 Å². The highest BCUT2D eigenvalue weighted by Crippen LogP contribution is 2.37. The van der Waals surface area contributed by atoms with Crippen molar-refractivity contribution in [3.05, 3.63) is 23.8 Å². The van der Waals surface area contributed by atoms with Gasteiger partial charge >= 0.3 is 0 Å². The number of anilines is 1. The van der Waals surface area contributed by atoms with Crippen LogP contribution >= 0.6 is 0 Å². The van der Waals surface area contributed by atoms with Crippen LogP contribution in [0.3, 0.4) is 0 Å². The molecule has 1 unspecified atom stereocenters. The molecule has 0 fully saturated rings. The summed E-state index contributed by atoms with van der Waals surface area (Å²) in [4.78, 5) is 11.7. The van der Waals surface area contributed by atoms with E-state index >= 15 is 0 Å². The molecule has 1 aliphatic heterocycles. The van der Waals surface area contributed by atoms with Crippen molar-refractivity contribution in [1.29, 1.82) is 0 Å². The van der Waals surface area contributed by atoms with Crippen molar-refractivity contribution in [2.75, 3.05) is 12.4 Å². The number of ether oxygens (including phenoxy) is 1. The monoisotopic (exact) mass is 205 g/mol. The van der Waals surface area contributed by atoms with E-state index < -0.39 is 0 Å². The van der Waals surface area contributed by atoms with Crippen molar-refractivity contribution >= 4 is 11.6 Å². The Kier molecular flexibility index (Phi) is 2.62. The molecule has 1 N–H and O–H groups in total. The summed E-state index contributed by atoms with van der Waals surface area (Å²) < 4.78 is 5.12. The molecular formula is C12H15NO2. The number of amides is 1. The average molecular weight is 205 g/mol. The minimum absolute atomic E-state index is 0.0240. The molecule has 1 atom stereocenters. The van der Waals surface area contributed by atoms with Crippen LogP contribution in [0.2, 0.25) is 0 Å². The fraction of sp³-hybridized carbons (Fsp3) is 0.417. The number of fused-ring (bicyclic) bond motifs is 1. The Labute approximate surface area is 89.4 Å². The maximum atomic E-state index is 11.7. The van der Waals surface area contributed by atoms with Gasteiger partial charge in [0.2, 0.25) is 5.91 Å². The topological polar surface area (TPSA) is 38.3 Å². The van der Waals surface area contributed by atoms with Crippen LogP contribution in [-0.2, 0) is 4.79 Å². The van der Waals surface area contributed by atoms with E-state index in [2.05, 4.69) is 12.2 Å². The first-order chi connectivity index (χ1) is 7.26. The standard InChI is InChI=1S/C12H15NO2/c1-3-4-10-9-6-5-8(15-2)7-11(9)13-12(10)14/h5-7,10H,3-4H2,1-2H3,(H,13,14). The Morgan fingerprint density at radius 1 is 1.47 bits per heavy atom. The Bertz CT molecular complexity index is 387. The summed E-state index contributed by atoms with van der Waals surface area (Å²) in [5.74, 6) is 0.919. The Morgan fingerprint density at radius 2 is 2.27 bits per heavy atom. The van der Waals surface area contributed by atoms with Crippen molar-refractivity contribution in [3.8, 4) is 5.75 Å². The predicted octanol–water partition coefficient (Wildman–Crippen LogP) is 2.53. The molecule has 0 spiro atoms. The Hall–Kier alpha value is -1.51. The first-order valence-corrected chi connectivity index (χ1v) is 5.25. The van der Waals surface area contributed by atoms with Gasteiger partial charge in [0.05, 0.1) is 13.0 Å². The molecule has 1 heterocycles. The number of hydrogen-bond acceptors (Lipinski definition) is 2. The van der Waals surface area contributed by atoms with E-state index in [9.17, 15) is 4.79 Å². The molecule has 1 amide bonds. The summed E-state index contributed by atoms with van der Waals surface area (Å²) in [5.41, 5.74) is 2.00. The van der Waals surface area contributed by atoms with E-state index in [1.807, 2.05) is 18.2 Å². The van der Waals surface area contributed by atoms with Crippen LogP contribution in [0.15, 0.2) is 18.2 Å². The van der Waals surface area contributed by atoms with Crippen LogP contribution in [0.1, 0.15) is 31.2 Å². The van der Waals surface area contributed by atoms with Gasteiger partial charge in [-0.2, -0.15) is 0 Å². The third kappa shape index (κ3) is 1.69. The molecule has 0 radical (unpaired) electrons. The van der Waals surface area contributed by atoms with Gasteiger partial charge in [-0.1, -0.05) is 19.4 Å². The minimum Gasteiger partial charge on any atom is -0.497 e. The fourth-order valence-electron chi connectivity index (χ4n) is 2.01. The third-order valence-electron chi connectivity index (χ3n) is 2.79. The number of rotatable bonds is 3. The second kappa shape index (κ2) is 3.93. The lowest BCUT2D eigenvalue weighted by Gasteiger charge is -2.06. The number of carbonyl (C=O) groups excluding carboxylic acids is 1. The zero-order chi connectivity index (χ0) is 10.8. The maximum Gasteiger partial charge on any atom is 0.232 e. The molecule has 0 bridgehead atoms. The van der Waals surface area contributed by atoms with Crippen LogP contribution in [-0.4, -0.2) is 13.0 Å². The molecule has 80 valence electrons. The summed E-state index contributed by atoms with van der Waals surface area (Å²) in [6.07, 6.45) is 1.93. The lowest BCUT2D eigenvalue weighted by molar-refractivity contribution is -0.117. The number of methoxy groups -OCH3 is 1. The van der Waals surface area contributed by atoms with Crippen LogP contribution in [0.5, 0.6) is 5.75 Å². The second-order valence-corrected chi connectivity index (χ2v) is 3.78. The summed E-state index contributed by atoms with van der Waals surface area (Å²) in [6, 6.07) is 5.76. The Balaban J connectivity index is 2.34. The predicted molar refractivity (Wildman–Crippen MR) is 59.3 cm³/mol. The summed E-state index contributed by atoms with van der Waals surface area (Å²) in [5, 5.41) is 2.89. The summed E-state index contributed by atoms with van der Waals surface area (Å²) >= 11 is 0. The van der Waals surface area contributed by atoms with Gasteiger partial charge < -0.3 is 10.1 Å². The highest BCUT2D eigenvalue weighted by atomic mass is 16.5. The summed E-state index contributed by atoms with van der Waals surface area (Å²) in [6.45, 7) is 2.09. The second-order valence-electron chi connectivity index (χ2n) is 3.78. The highest BCUT2D eigenvalue weighted by molar-refractivity contribution is 6.03. The lowest BCUT2D eigenvalue weighted by Crippen LogP contribution is -2.11. The minimum atomic E-state index is 0.0240. The van der Waals surface area contributed by atoms with Crippen molar-refractivity contribution in [3.63, 3.8) is 0 Å². The molecule has 3 nitrogen and oxygen atoms in total. The molecule has 0 saturated carbocycles. The number of nitrogens with one attached hydrogen (secondary N) is 1. The van der Waals surface area contributed by atoms with E-state index in [4.69, 9.17) is 4.74 Å². The fourth-order valence-corrected chi connectivity index (χ4v) is 2.01. The number of carbonyl (C=O) groups is 1. The summed E-state index contributed by atoms with van der Waals surface area (Å²) in [7, 11) is 1.63. The largest absolute Gasteiger partial charge is 0.497 e. The van der Waals surface area contributed by atoms with Crippen LogP contribution in [0, 0.1) is 0 Å². The van der Waals surface area contributed by atoms with Crippen molar-refractivity contribution in [2.45, 2.75) is 25.7 Å². The van der Waals surface area contributed by atoms with E-state index in [1.54, 1.807) is 7.11 Å². The van der Waals surface area contributed by atoms with Gasteiger partial charge in [-0.15, -0.1) is 0 Å². The molecule has 0 aliphatic carbocycles. The molecule has 1 aromatic carbocycles. The van der Waals surface area contributed by atoms with Crippen molar-refractivity contribution in [1.82, 2.24) is 0 Å². The maximum absolute atomic E-state index is 11.7. The molecule has 1 aliphatic rings.